The van der Waals surface area contributed by atoms with Gasteiger partial charge in [0.05, 0.1) is 7.11 Å². The maximum Gasteiger partial charge on any atom is 0.119 e. The van der Waals surface area contributed by atoms with E-state index in [1.54, 1.807) is 7.11 Å². The normalized spacial score (nSPS) is 16.3. The molecule has 104 valence electrons. The lowest BCUT2D eigenvalue weighted by Crippen LogP contribution is -2.26. The molecule has 0 bridgehead atoms. The Labute approximate surface area is 120 Å². The molecule has 0 aliphatic carbocycles. The van der Waals surface area contributed by atoms with Crippen LogP contribution in [0.15, 0.2) is 24.4 Å². The Balaban J connectivity index is 0.00000133. The molecule has 1 aliphatic heterocycles. The van der Waals surface area contributed by atoms with Gasteiger partial charge in [0.25, 0.3) is 0 Å². The summed E-state index contributed by atoms with van der Waals surface area (Å²) in [7, 11) is 3.85. The number of ether oxygens (including phenoxy) is 1. The quantitative estimate of drug-likeness (QED) is 0.915. The second-order valence-corrected chi connectivity index (χ2v) is 5.10. The summed E-state index contributed by atoms with van der Waals surface area (Å²) >= 11 is 0. The van der Waals surface area contributed by atoms with Gasteiger partial charge in [0.15, 0.2) is 0 Å². The summed E-state index contributed by atoms with van der Waals surface area (Å²) in [5.74, 6) is 1.63. The number of hydrogen-bond donors (Lipinski definition) is 1. The Morgan fingerprint density at radius 3 is 2.68 bits per heavy atom. The minimum Gasteiger partial charge on any atom is -0.497 e. The molecule has 1 aromatic heterocycles. The molecule has 0 spiro atoms. The van der Waals surface area contributed by atoms with Gasteiger partial charge >= 0.3 is 0 Å². The average Bonchev–Trinajstić information content (AvgIpc) is 2.76. The van der Waals surface area contributed by atoms with Crippen molar-refractivity contribution in [1.82, 2.24) is 9.88 Å². The van der Waals surface area contributed by atoms with Crippen molar-refractivity contribution < 1.29 is 4.74 Å². The van der Waals surface area contributed by atoms with Crippen LogP contribution in [-0.2, 0) is 7.05 Å². The highest BCUT2D eigenvalue weighted by atomic mass is 35.5. The van der Waals surface area contributed by atoms with Crippen LogP contribution < -0.4 is 10.1 Å². The topological polar surface area (TPSA) is 26.2 Å². The number of aryl methyl sites for hydroxylation is 1. The van der Waals surface area contributed by atoms with Crippen molar-refractivity contribution in [1.29, 1.82) is 0 Å². The number of aromatic nitrogens is 1. The van der Waals surface area contributed by atoms with Crippen molar-refractivity contribution in [3.8, 4) is 5.75 Å². The third-order valence-electron chi connectivity index (χ3n) is 4.01. The fourth-order valence-electron chi connectivity index (χ4n) is 2.99. The number of piperidine rings is 1. The van der Waals surface area contributed by atoms with Crippen LogP contribution in [0.4, 0.5) is 0 Å². The summed E-state index contributed by atoms with van der Waals surface area (Å²) in [6.07, 6.45) is 4.76. The van der Waals surface area contributed by atoms with E-state index in [0.717, 1.165) is 18.8 Å². The molecular weight excluding hydrogens is 260 g/mol. The number of methoxy groups -OCH3 is 1. The first kappa shape index (κ1) is 14.2. The Kier molecular flexibility index (Phi) is 4.38. The van der Waals surface area contributed by atoms with Crippen molar-refractivity contribution >= 4 is 23.3 Å². The first-order chi connectivity index (χ1) is 8.79. The molecular formula is C15H21ClN2O. The largest absolute Gasteiger partial charge is 0.497 e. The molecule has 3 rings (SSSR count). The monoisotopic (exact) mass is 280 g/mol. The molecule has 4 heteroatoms. The van der Waals surface area contributed by atoms with E-state index >= 15 is 0 Å². The minimum absolute atomic E-state index is 0. The summed E-state index contributed by atoms with van der Waals surface area (Å²) < 4.78 is 7.58. The Hall–Kier alpha value is -1.19. The summed E-state index contributed by atoms with van der Waals surface area (Å²) in [5, 5.41) is 4.78. The van der Waals surface area contributed by atoms with Crippen LogP contribution in [0.1, 0.15) is 24.3 Å². The number of halogens is 1. The molecule has 1 aromatic carbocycles. The molecule has 1 fully saturated rings. The minimum atomic E-state index is 0. The molecule has 2 heterocycles. The van der Waals surface area contributed by atoms with E-state index in [9.17, 15) is 0 Å². The fourth-order valence-corrected chi connectivity index (χ4v) is 2.99. The van der Waals surface area contributed by atoms with E-state index in [-0.39, 0.29) is 12.4 Å². The number of nitrogens with one attached hydrogen (secondary N) is 1. The molecule has 0 unspecified atom stereocenters. The lowest BCUT2D eigenvalue weighted by Gasteiger charge is -2.22. The molecule has 1 N–H and O–H groups in total. The van der Waals surface area contributed by atoms with Gasteiger partial charge in [-0.2, -0.15) is 0 Å². The number of benzene rings is 1. The van der Waals surface area contributed by atoms with Crippen molar-refractivity contribution in [2.24, 2.45) is 7.05 Å². The Bertz CT molecular complexity index is 559. The van der Waals surface area contributed by atoms with Gasteiger partial charge in [-0.15, -0.1) is 12.4 Å². The second-order valence-electron chi connectivity index (χ2n) is 5.10. The highest BCUT2D eigenvalue weighted by Gasteiger charge is 2.19. The van der Waals surface area contributed by atoms with Gasteiger partial charge in [0.1, 0.15) is 5.75 Å². The van der Waals surface area contributed by atoms with E-state index in [0.29, 0.717) is 5.92 Å². The third-order valence-corrected chi connectivity index (χ3v) is 4.01. The van der Waals surface area contributed by atoms with Gasteiger partial charge < -0.3 is 14.6 Å². The number of hydrogen-bond acceptors (Lipinski definition) is 2. The van der Waals surface area contributed by atoms with Crippen molar-refractivity contribution in [3.63, 3.8) is 0 Å². The molecule has 1 aliphatic rings. The van der Waals surface area contributed by atoms with Crippen LogP contribution in [0.3, 0.4) is 0 Å². The maximum atomic E-state index is 5.35. The van der Waals surface area contributed by atoms with Gasteiger partial charge in [-0.1, -0.05) is 0 Å². The molecule has 0 atom stereocenters. The van der Waals surface area contributed by atoms with Crippen LogP contribution in [0, 0.1) is 0 Å². The third kappa shape index (κ3) is 2.58. The predicted molar refractivity (Wildman–Crippen MR) is 81.6 cm³/mol. The van der Waals surface area contributed by atoms with Crippen LogP contribution >= 0.6 is 12.4 Å². The first-order valence-electron chi connectivity index (χ1n) is 6.63. The fraction of sp³-hybridized carbons (Fsp3) is 0.467. The highest BCUT2D eigenvalue weighted by Crippen LogP contribution is 2.34. The number of nitrogens with zero attached hydrogens (tertiary/aromatic N) is 1. The first-order valence-corrected chi connectivity index (χ1v) is 6.63. The van der Waals surface area contributed by atoms with E-state index < -0.39 is 0 Å². The van der Waals surface area contributed by atoms with Crippen molar-refractivity contribution in [2.75, 3.05) is 20.2 Å². The van der Waals surface area contributed by atoms with Crippen LogP contribution in [0.25, 0.3) is 10.9 Å². The lowest BCUT2D eigenvalue weighted by atomic mass is 9.90. The summed E-state index contributed by atoms with van der Waals surface area (Å²) in [6, 6.07) is 6.36. The molecule has 2 aromatic rings. The molecule has 1 saturated heterocycles. The summed E-state index contributed by atoms with van der Waals surface area (Å²) in [5.41, 5.74) is 2.78. The highest BCUT2D eigenvalue weighted by molar-refractivity contribution is 5.86. The Morgan fingerprint density at radius 2 is 2.00 bits per heavy atom. The van der Waals surface area contributed by atoms with Crippen molar-refractivity contribution in [2.45, 2.75) is 18.8 Å². The number of fused-ring (bicyclic) bond motifs is 1. The predicted octanol–water partition coefficient (Wildman–Crippen LogP) is 3.08. The standard InChI is InChI=1S/C15H20N2O.ClH/c1-17-10-14(11-5-7-16-8-6-11)13-9-12(18-2)3-4-15(13)17;/h3-4,9-11,16H,5-8H2,1-2H3;1H. The van der Waals surface area contributed by atoms with Gasteiger partial charge in [-0.25, -0.2) is 0 Å². The SMILES string of the molecule is COc1ccc2c(c1)c(C1CCNCC1)cn2C.Cl. The Morgan fingerprint density at radius 1 is 1.26 bits per heavy atom. The summed E-state index contributed by atoms with van der Waals surface area (Å²) in [6.45, 7) is 2.26. The van der Waals surface area contributed by atoms with Gasteiger partial charge in [-0.3, -0.25) is 0 Å². The molecule has 0 saturated carbocycles. The zero-order valence-electron chi connectivity index (χ0n) is 11.5. The van der Waals surface area contributed by atoms with E-state index in [4.69, 9.17) is 4.74 Å². The van der Waals surface area contributed by atoms with E-state index in [2.05, 4.69) is 35.3 Å². The van der Waals surface area contributed by atoms with Crippen molar-refractivity contribution in [3.05, 3.63) is 30.0 Å². The van der Waals surface area contributed by atoms with Gasteiger partial charge in [0, 0.05) is 24.1 Å². The zero-order chi connectivity index (χ0) is 12.5. The maximum absolute atomic E-state index is 5.35. The van der Waals surface area contributed by atoms with E-state index in [1.807, 2.05) is 6.07 Å². The van der Waals surface area contributed by atoms with Crippen LogP contribution in [-0.4, -0.2) is 24.8 Å². The average molecular weight is 281 g/mol. The van der Waals surface area contributed by atoms with E-state index in [1.165, 1.54) is 29.3 Å². The molecule has 19 heavy (non-hydrogen) atoms. The van der Waals surface area contributed by atoms with Gasteiger partial charge in [-0.05, 0) is 55.6 Å². The second kappa shape index (κ2) is 5.85. The molecule has 0 amide bonds. The lowest BCUT2D eigenvalue weighted by molar-refractivity contribution is 0.415. The summed E-state index contributed by atoms with van der Waals surface area (Å²) in [4.78, 5) is 0. The molecule has 0 radical (unpaired) electrons. The van der Waals surface area contributed by atoms with Gasteiger partial charge in [0.2, 0.25) is 0 Å². The number of rotatable bonds is 2. The van der Waals surface area contributed by atoms with Crippen LogP contribution in [0.2, 0.25) is 0 Å². The smallest absolute Gasteiger partial charge is 0.119 e. The van der Waals surface area contributed by atoms with Crippen LogP contribution in [0.5, 0.6) is 5.75 Å². The molecule has 3 nitrogen and oxygen atoms in total. The zero-order valence-corrected chi connectivity index (χ0v) is 12.3.